The summed E-state index contributed by atoms with van der Waals surface area (Å²) in [6, 6.07) is 19.7. The number of benzene rings is 2. The SMILES string of the molecule is Cn1ccc(-c2n[nH]c3c2CN(C(=O)Nc2cccc(Cl)c2)CC3)n1.Cn1ccc(B2OC(C)(C)C(C)(C)O2)n1.Cn1ccc(Br)n1.O=C(Nc1cccc(Cl)c1)N1CCc2[nH]nc(Br)c2C1. The standard InChI is InChI=1S/C17H17ClN6O.C13H12BrClN4O.C10H17BN2O2.C4H5BrN2/c1-23-7-5-15(22-23)16-13-10-24(8-6-14(13)20-21-16)17(25)19-12-4-2-3-11(18)9-12;14-12-10-7-19(5-4-11(10)17-18-12)13(20)16-9-3-1-2-8(15)6-9;1-9(2)10(3,4)15-11(14-9)8-6-7-13(5)12-8;1-7-3-2-4(5)6-7/h2-5,7,9H,6,8,10H2,1H3,(H,19,25)(H,20,21);1-3,6H,4-5,7H2,(H,16,20)(H,17,18);6-7H,1-5H3;2-3H,1H3. The number of fused-ring (bicyclic) bond motifs is 2. The van der Waals surface area contributed by atoms with Crippen LogP contribution in [0.15, 0.2) is 94.5 Å². The van der Waals surface area contributed by atoms with E-state index in [1.807, 2.05) is 104 Å². The largest absolute Gasteiger partial charge is 0.516 e. The molecular formula is C44H51BBr2Cl2N14O4. The van der Waals surface area contributed by atoms with Crippen LogP contribution in [0.5, 0.6) is 0 Å². The highest BCUT2D eigenvalue weighted by Gasteiger charge is 2.52. The molecule has 10 rings (SSSR count). The normalized spacial score (nSPS) is 15.5. The molecule has 0 atom stereocenters. The van der Waals surface area contributed by atoms with Gasteiger partial charge in [0.2, 0.25) is 0 Å². The number of anilines is 2. The molecule has 2 aromatic carbocycles. The van der Waals surface area contributed by atoms with Crippen molar-refractivity contribution in [1.82, 2.24) is 59.5 Å². The Balaban J connectivity index is 0.000000142. The Labute approximate surface area is 415 Å². The topological polar surface area (TPSA) is 194 Å². The summed E-state index contributed by atoms with van der Waals surface area (Å²) in [5, 5.41) is 34.1. The second-order valence-corrected chi connectivity index (χ2v) is 19.4. The summed E-state index contributed by atoms with van der Waals surface area (Å²) in [6.07, 6.45) is 7.16. The molecule has 23 heteroatoms. The van der Waals surface area contributed by atoms with E-state index >= 15 is 0 Å². The molecule has 0 aliphatic carbocycles. The summed E-state index contributed by atoms with van der Waals surface area (Å²) >= 11 is 18.5. The molecule has 352 valence electrons. The molecule has 4 N–H and O–H groups in total. The molecule has 4 amide bonds. The smallest absolute Gasteiger partial charge is 0.398 e. The van der Waals surface area contributed by atoms with Crippen molar-refractivity contribution in [2.45, 2.75) is 64.8 Å². The molecule has 0 bridgehead atoms. The van der Waals surface area contributed by atoms with Gasteiger partial charge >= 0.3 is 19.2 Å². The van der Waals surface area contributed by atoms with E-state index in [1.165, 1.54) is 0 Å². The molecule has 1 saturated heterocycles. The van der Waals surface area contributed by atoms with Crippen LogP contribution in [0.25, 0.3) is 11.4 Å². The molecule has 8 heterocycles. The van der Waals surface area contributed by atoms with Gasteiger partial charge in [0.15, 0.2) is 0 Å². The Hall–Kier alpha value is -5.45. The maximum Gasteiger partial charge on any atom is 0.516 e. The number of H-pyrrole nitrogens is 2. The molecule has 7 aromatic rings. The van der Waals surface area contributed by atoms with E-state index < -0.39 is 0 Å². The fourth-order valence-electron chi connectivity index (χ4n) is 7.10. The average molecular weight is 1080 g/mol. The molecule has 67 heavy (non-hydrogen) atoms. The van der Waals surface area contributed by atoms with Gasteiger partial charge in [0.05, 0.1) is 29.9 Å². The molecule has 0 radical (unpaired) electrons. The summed E-state index contributed by atoms with van der Waals surface area (Å²) in [4.78, 5) is 28.4. The van der Waals surface area contributed by atoms with E-state index in [9.17, 15) is 9.59 Å². The number of amides is 4. The number of halogens is 4. The Morgan fingerprint density at radius 1 is 0.687 bits per heavy atom. The Bertz CT molecular complexity index is 2790. The third-order valence-corrected chi connectivity index (χ3v) is 13.0. The number of urea groups is 2. The monoisotopic (exact) mass is 1080 g/mol. The van der Waals surface area contributed by atoms with E-state index in [1.54, 1.807) is 54.2 Å². The molecule has 1 fully saturated rings. The third-order valence-electron chi connectivity index (χ3n) is 11.4. The number of hydrogen-bond donors (Lipinski definition) is 4. The lowest BCUT2D eigenvalue weighted by atomic mass is 9.85. The predicted molar refractivity (Wildman–Crippen MR) is 266 cm³/mol. The van der Waals surface area contributed by atoms with Crippen molar-refractivity contribution < 1.29 is 18.9 Å². The van der Waals surface area contributed by atoms with Gasteiger partial charge in [-0.1, -0.05) is 35.3 Å². The lowest BCUT2D eigenvalue weighted by Crippen LogP contribution is -2.41. The van der Waals surface area contributed by atoms with E-state index in [2.05, 4.69) is 78.2 Å². The van der Waals surface area contributed by atoms with Gasteiger partial charge in [-0.15, -0.1) is 0 Å². The van der Waals surface area contributed by atoms with Gasteiger partial charge in [-0.05, 0) is 114 Å². The minimum atomic E-state index is -0.351. The van der Waals surface area contributed by atoms with Crippen LogP contribution in [-0.2, 0) is 56.4 Å². The number of aryl methyl sites for hydroxylation is 3. The highest BCUT2D eigenvalue weighted by Crippen LogP contribution is 2.36. The second-order valence-electron chi connectivity index (χ2n) is 16.9. The highest BCUT2D eigenvalue weighted by atomic mass is 79.9. The summed E-state index contributed by atoms with van der Waals surface area (Å²) in [7, 11) is 5.28. The van der Waals surface area contributed by atoms with Crippen molar-refractivity contribution in [2.24, 2.45) is 21.1 Å². The summed E-state index contributed by atoms with van der Waals surface area (Å²) < 4.78 is 18.6. The minimum absolute atomic E-state index is 0.133. The number of rotatable bonds is 4. The third kappa shape index (κ3) is 12.6. The molecule has 0 saturated carbocycles. The van der Waals surface area contributed by atoms with E-state index in [4.69, 9.17) is 32.5 Å². The van der Waals surface area contributed by atoms with Gasteiger partial charge in [0, 0.05) is 110 Å². The van der Waals surface area contributed by atoms with Crippen LogP contribution in [0.4, 0.5) is 21.0 Å². The zero-order chi connectivity index (χ0) is 48.0. The molecule has 0 spiro atoms. The van der Waals surface area contributed by atoms with Crippen LogP contribution in [0.1, 0.15) is 50.2 Å². The zero-order valence-electron chi connectivity index (χ0n) is 38.0. The Morgan fingerprint density at radius 3 is 1.67 bits per heavy atom. The van der Waals surface area contributed by atoms with E-state index in [-0.39, 0.29) is 30.4 Å². The van der Waals surface area contributed by atoms with Crippen molar-refractivity contribution in [3.8, 4) is 11.4 Å². The summed E-state index contributed by atoms with van der Waals surface area (Å²) in [6.45, 7) is 10.5. The number of carbonyl (C=O) groups excluding carboxylic acids is 2. The number of carbonyl (C=O) groups is 2. The van der Waals surface area contributed by atoms with Crippen molar-refractivity contribution in [2.75, 3.05) is 23.7 Å². The van der Waals surface area contributed by atoms with Gasteiger partial charge in [-0.3, -0.25) is 24.2 Å². The minimum Gasteiger partial charge on any atom is -0.398 e. The number of aromatic nitrogens is 10. The van der Waals surface area contributed by atoms with Crippen LogP contribution in [0.2, 0.25) is 10.0 Å². The first-order valence-electron chi connectivity index (χ1n) is 21.2. The fraction of sp³-hybridized carbons (Fsp3) is 0.341. The second kappa shape index (κ2) is 21.2. The maximum absolute atomic E-state index is 12.6. The lowest BCUT2D eigenvalue weighted by molar-refractivity contribution is 0.00578. The van der Waals surface area contributed by atoms with Gasteiger partial charge in [-0.2, -0.15) is 25.5 Å². The number of nitrogens with zero attached hydrogens (tertiary/aromatic N) is 10. The number of nitrogens with one attached hydrogen (secondary N) is 4. The van der Waals surface area contributed by atoms with Crippen molar-refractivity contribution >= 4 is 91.2 Å². The summed E-state index contributed by atoms with van der Waals surface area (Å²) in [5.74, 6) is 0. The first-order valence-corrected chi connectivity index (χ1v) is 23.6. The Morgan fingerprint density at radius 2 is 1.19 bits per heavy atom. The van der Waals surface area contributed by atoms with Gasteiger partial charge in [-0.25, -0.2) is 9.59 Å². The Kier molecular flexibility index (Phi) is 15.7. The van der Waals surface area contributed by atoms with Crippen molar-refractivity contribution in [1.29, 1.82) is 0 Å². The molecular weight excluding hydrogens is 1030 g/mol. The van der Waals surface area contributed by atoms with Gasteiger partial charge in [0.1, 0.15) is 20.6 Å². The summed E-state index contributed by atoms with van der Waals surface area (Å²) in [5.41, 5.74) is 7.42. The molecule has 3 aliphatic rings. The van der Waals surface area contributed by atoms with Crippen LogP contribution in [-0.4, -0.2) is 103 Å². The van der Waals surface area contributed by atoms with Crippen molar-refractivity contribution in [3.05, 3.63) is 127 Å². The number of aromatic amines is 2. The van der Waals surface area contributed by atoms with Crippen LogP contribution in [0.3, 0.4) is 0 Å². The molecule has 3 aliphatic heterocycles. The fourth-order valence-corrected chi connectivity index (χ4v) is 8.30. The van der Waals surface area contributed by atoms with Crippen molar-refractivity contribution in [3.63, 3.8) is 0 Å². The molecule has 0 unspecified atom stereocenters. The van der Waals surface area contributed by atoms with Crippen LogP contribution < -0.4 is 16.2 Å². The quantitative estimate of drug-likeness (QED) is 0.125. The predicted octanol–water partition coefficient (Wildman–Crippen LogP) is 8.37. The van der Waals surface area contributed by atoms with Gasteiger partial charge < -0.3 is 29.7 Å². The average Bonchev–Trinajstić information content (AvgIpc) is 4.15. The van der Waals surface area contributed by atoms with E-state index in [0.29, 0.717) is 47.6 Å². The first kappa shape index (κ1) is 49.5. The maximum atomic E-state index is 12.6. The van der Waals surface area contributed by atoms with Crippen LogP contribution >= 0.6 is 55.1 Å². The van der Waals surface area contributed by atoms with Crippen LogP contribution in [0, 0.1) is 0 Å². The molecule has 18 nitrogen and oxygen atoms in total. The lowest BCUT2D eigenvalue weighted by Gasteiger charge is -2.32. The highest BCUT2D eigenvalue weighted by molar-refractivity contribution is 9.10. The number of hydrogen-bond acceptors (Lipinski definition) is 9. The molecule has 5 aromatic heterocycles. The first-order chi connectivity index (χ1) is 31.8. The van der Waals surface area contributed by atoms with Gasteiger partial charge in [0.25, 0.3) is 0 Å². The zero-order valence-corrected chi connectivity index (χ0v) is 42.7. The van der Waals surface area contributed by atoms with E-state index in [0.717, 1.165) is 61.5 Å².